The SMILES string of the molecule is Cc1ccc(C(=O)NCc2ccncc2)cc1-c1ccc(C(=O)Nc2cccc(C#N)c2)cc1. The minimum atomic E-state index is -0.261. The van der Waals surface area contributed by atoms with Crippen molar-refractivity contribution in [2.45, 2.75) is 13.5 Å². The maximum Gasteiger partial charge on any atom is 0.255 e. The first kappa shape index (κ1) is 22.4. The van der Waals surface area contributed by atoms with Crippen LogP contribution in [0.15, 0.2) is 91.3 Å². The Morgan fingerprint density at radius 1 is 0.882 bits per heavy atom. The van der Waals surface area contributed by atoms with Gasteiger partial charge in [-0.3, -0.25) is 14.6 Å². The average Bonchev–Trinajstić information content (AvgIpc) is 2.88. The fourth-order valence-corrected chi connectivity index (χ4v) is 3.53. The summed E-state index contributed by atoms with van der Waals surface area (Å²) < 4.78 is 0. The molecule has 0 atom stereocenters. The summed E-state index contributed by atoms with van der Waals surface area (Å²) in [7, 11) is 0. The number of anilines is 1. The first-order chi connectivity index (χ1) is 16.5. The van der Waals surface area contributed by atoms with Gasteiger partial charge < -0.3 is 10.6 Å². The second-order valence-corrected chi connectivity index (χ2v) is 7.79. The molecule has 0 bridgehead atoms. The largest absolute Gasteiger partial charge is 0.348 e. The molecule has 1 heterocycles. The van der Waals surface area contributed by atoms with Crippen LogP contribution < -0.4 is 10.6 Å². The van der Waals surface area contributed by atoms with Crippen molar-refractivity contribution >= 4 is 17.5 Å². The zero-order valence-electron chi connectivity index (χ0n) is 18.6. The lowest BCUT2D eigenvalue weighted by Gasteiger charge is -2.11. The van der Waals surface area contributed by atoms with Gasteiger partial charge in [-0.25, -0.2) is 0 Å². The highest BCUT2D eigenvalue weighted by Gasteiger charge is 2.11. The van der Waals surface area contributed by atoms with Gasteiger partial charge in [0.05, 0.1) is 11.6 Å². The number of pyridine rings is 1. The summed E-state index contributed by atoms with van der Waals surface area (Å²) in [5, 5.41) is 14.8. The minimum absolute atomic E-state index is 0.159. The van der Waals surface area contributed by atoms with Gasteiger partial charge in [0.15, 0.2) is 0 Å². The van der Waals surface area contributed by atoms with E-state index < -0.39 is 0 Å². The summed E-state index contributed by atoms with van der Waals surface area (Å²) in [6.45, 7) is 2.41. The van der Waals surface area contributed by atoms with Crippen molar-refractivity contribution in [2.75, 3.05) is 5.32 Å². The van der Waals surface area contributed by atoms with E-state index in [1.165, 1.54) is 0 Å². The number of aryl methyl sites for hydroxylation is 1. The topological polar surface area (TPSA) is 94.9 Å². The molecule has 0 fully saturated rings. The van der Waals surface area contributed by atoms with Crippen LogP contribution in [0.25, 0.3) is 11.1 Å². The Morgan fingerprint density at radius 3 is 2.35 bits per heavy atom. The van der Waals surface area contributed by atoms with Crippen molar-refractivity contribution in [3.8, 4) is 17.2 Å². The summed E-state index contributed by atoms with van der Waals surface area (Å²) in [5.41, 5.74) is 5.93. The van der Waals surface area contributed by atoms with E-state index >= 15 is 0 Å². The molecule has 0 aliphatic rings. The molecule has 34 heavy (non-hydrogen) atoms. The monoisotopic (exact) mass is 446 g/mol. The Bertz CT molecular complexity index is 1370. The molecule has 6 nitrogen and oxygen atoms in total. The summed E-state index contributed by atoms with van der Waals surface area (Å²) in [6.07, 6.45) is 3.39. The maximum absolute atomic E-state index is 12.7. The Kier molecular flexibility index (Phi) is 6.76. The van der Waals surface area contributed by atoms with Crippen LogP contribution in [-0.4, -0.2) is 16.8 Å². The third-order valence-corrected chi connectivity index (χ3v) is 5.41. The molecular weight excluding hydrogens is 424 g/mol. The van der Waals surface area contributed by atoms with Gasteiger partial charge in [-0.15, -0.1) is 0 Å². The molecule has 1 aromatic heterocycles. The summed E-state index contributed by atoms with van der Waals surface area (Å²) >= 11 is 0. The lowest BCUT2D eigenvalue weighted by molar-refractivity contribution is 0.0950. The highest BCUT2D eigenvalue weighted by molar-refractivity contribution is 6.04. The van der Waals surface area contributed by atoms with E-state index in [0.29, 0.717) is 28.9 Å². The van der Waals surface area contributed by atoms with E-state index in [-0.39, 0.29) is 11.8 Å². The Balaban J connectivity index is 1.48. The molecule has 6 heteroatoms. The molecule has 4 rings (SSSR count). The molecule has 0 spiro atoms. The van der Waals surface area contributed by atoms with Crippen LogP contribution in [-0.2, 0) is 6.54 Å². The second kappa shape index (κ2) is 10.2. The smallest absolute Gasteiger partial charge is 0.255 e. The van der Waals surface area contributed by atoms with Gasteiger partial charge in [0.25, 0.3) is 11.8 Å². The van der Waals surface area contributed by atoms with Crippen molar-refractivity contribution in [1.82, 2.24) is 10.3 Å². The predicted molar refractivity (Wildman–Crippen MR) is 131 cm³/mol. The normalized spacial score (nSPS) is 10.2. The summed E-state index contributed by atoms with van der Waals surface area (Å²) in [6, 6.07) is 25.3. The first-order valence-corrected chi connectivity index (χ1v) is 10.7. The number of hydrogen-bond acceptors (Lipinski definition) is 4. The molecule has 0 radical (unpaired) electrons. The van der Waals surface area contributed by atoms with E-state index in [9.17, 15) is 9.59 Å². The van der Waals surface area contributed by atoms with Gasteiger partial charge in [0.1, 0.15) is 0 Å². The van der Waals surface area contributed by atoms with Crippen LogP contribution >= 0.6 is 0 Å². The molecule has 2 amide bonds. The third-order valence-electron chi connectivity index (χ3n) is 5.41. The number of carbonyl (C=O) groups is 2. The van der Waals surface area contributed by atoms with Crippen LogP contribution in [0.5, 0.6) is 0 Å². The van der Waals surface area contributed by atoms with Crippen LogP contribution in [0.1, 0.15) is 37.4 Å². The van der Waals surface area contributed by atoms with Crippen molar-refractivity contribution in [3.63, 3.8) is 0 Å². The van der Waals surface area contributed by atoms with E-state index in [4.69, 9.17) is 5.26 Å². The van der Waals surface area contributed by atoms with Gasteiger partial charge in [0.2, 0.25) is 0 Å². The number of carbonyl (C=O) groups excluding carboxylic acids is 2. The second-order valence-electron chi connectivity index (χ2n) is 7.79. The average molecular weight is 447 g/mol. The van der Waals surface area contributed by atoms with Gasteiger partial charge in [-0.05, 0) is 83.8 Å². The quantitative estimate of drug-likeness (QED) is 0.430. The molecule has 2 N–H and O–H groups in total. The standard InChI is InChI=1S/C28H22N4O2/c1-19-5-6-24(27(33)31-18-20-11-13-30-14-12-20)16-26(19)22-7-9-23(10-8-22)28(34)32-25-4-2-3-21(15-25)17-29/h2-16H,18H2,1H3,(H,31,33)(H,32,34). The van der Waals surface area contributed by atoms with Crippen LogP contribution in [0.3, 0.4) is 0 Å². The lowest BCUT2D eigenvalue weighted by Crippen LogP contribution is -2.22. The van der Waals surface area contributed by atoms with Gasteiger partial charge in [0, 0.05) is 35.8 Å². The molecule has 0 unspecified atom stereocenters. The van der Waals surface area contributed by atoms with Crippen LogP contribution in [0, 0.1) is 18.3 Å². The van der Waals surface area contributed by atoms with E-state index in [2.05, 4.69) is 21.7 Å². The number of nitrogens with zero attached hydrogens (tertiary/aromatic N) is 2. The fourth-order valence-electron chi connectivity index (χ4n) is 3.53. The number of nitrogens with one attached hydrogen (secondary N) is 2. The van der Waals surface area contributed by atoms with Crippen molar-refractivity contribution in [2.24, 2.45) is 0 Å². The number of rotatable bonds is 6. The number of hydrogen-bond donors (Lipinski definition) is 2. The molecule has 0 aliphatic carbocycles. The highest BCUT2D eigenvalue weighted by atomic mass is 16.2. The highest BCUT2D eigenvalue weighted by Crippen LogP contribution is 2.25. The maximum atomic E-state index is 12.7. The third kappa shape index (κ3) is 5.34. The Labute approximate surface area is 197 Å². The predicted octanol–water partition coefficient (Wildman–Crippen LogP) is 5.11. The zero-order chi connectivity index (χ0) is 23.9. The molecule has 4 aromatic rings. The van der Waals surface area contributed by atoms with Gasteiger partial charge in [-0.1, -0.05) is 24.3 Å². The van der Waals surface area contributed by atoms with Crippen LogP contribution in [0.4, 0.5) is 5.69 Å². The number of nitriles is 1. The first-order valence-electron chi connectivity index (χ1n) is 10.7. The Hall–Kier alpha value is -4.76. The Morgan fingerprint density at radius 2 is 1.62 bits per heavy atom. The van der Waals surface area contributed by atoms with E-state index in [1.807, 2.05) is 43.3 Å². The minimum Gasteiger partial charge on any atom is -0.348 e. The molecule has 3 aromatic carbocycles. The summed E-state index contributed by atoms with van der Waals surface area (Å²) in [4.78, 5) is 29.3. The lowest BCUT2D eigenvalue weighted by atomic mass is 9.97. The number of benzene rings is 3. The van der Waals surface area contributed by atoms with Gasteiger partial charge in [-0.2, -0.15) is 5.26 Å². The van der Waals surface area contributed by atoms with Crippen molar-refractivity contribution in [1.29, 1.82) is 5.26 Å². The molecule has 166 valence electrons. The number of amides is 2. The van der Waals surface area contributed by atoms with Crippen molar-refractivity contribution < 1.29 is 9.59 Å². The molecule has 0 aliphatic heterocycles. The molecular formula is C28H22N4O2. The molecule has 0 saturated carbocycles. The molecule has 0 saturated heterocycles. The number of aromatic nitrogens is 1. The zero-order valence-corrected chi connectivity index (χ0v) is 18.6. The fraction of sp³-hybridized carbons (Fsp3) is 0.0714. The van der Waals surface area contributed by atoms with Crippen LogP contribution in [0.2, 0.25) is 0 Å². The van der Waals surface area contributed by atoms with Gasteiger partial charge >= 0.3 is 0 Å². The van der Waals surface area contributed by atoms with E-state index in [1.54, 1.807) is 54.9 Å². The summed E-state index contributed by atoms with van der Waals surface area (Å²) in [5.74, 6) is -0.420. The van der Waals surface area contributed by atoms with E-state index in [0.717, 1.165) is 22.3 Å². The van der Waals surface area contributed by atoms with Crippen molar-refractivity contribution in [3.05, 3.63) is 119 Å².